The maximum atomic E-state index is 12.6. The van der Waals surface area contributed by atoms with Crippen LogP contribution in [0.4, 0.5) is 11.4 Å². The molecule has 4 heteroatoms. The number of pyridine rings is 1. The highest BCUT2D eigenvalue weighted by Gasteiger charge is 2.15. The Bertz CT molecular complexity index is 592. The van der Waals surface area contributed by atoms with Crippen molar-refractivity contribution in [2.75, 3.05) is 18.4 Å². The molecule has 116 valence electrons. The van der Waals surface area contributed by atoms with Gasteiger partial charge in [0.15, 0.2) is 0 Å². The largest absolute Gasteiger partial charge is 0.354 e. The highest BCUT2D eigenvalue weighted by Crippen LogP contribution is 2.17. The number of nitrogens with one attached hydrogen (secondary N) is 1. The summed E-state index contributed by atoms with van der Waals surface area (Å²) in [6.45, 7) is 5.73. The first-order valence-electron chi connectivity index (χ1n) is 7.81. The van der Waals surface area contributed by atoms with Crippen molar-refractivity contribution in [1.82, 2.24) is 9.88 Å². The highest BCUT2D eigenvalue weighted by molar-refractivity contribution is 5.94. The number of hydrogen-bond donors (Lipinski definition) is 1. The molecule has 1 heterocycles. The Morgan fingerprint density at radius 3 is 2.36 bits per heavy atom. The van der Waals surface area contributed by atoms with Gasteiger partial charge in [-0.1, -0.05) is 32.0 Å². The summed E-state index contributed by atoms with van der Waals surface area (Å²) in [6.07, 6.45) is 5.28. The fraction of sp³-hybridized carbons (Fsp3) is 0.333. The van der Waals surface area contributed by atoms with E-state index in [2.05, 4.69) is 24.1 Å². The molecule has 0 radical (unpaired) electrons. The highest BCUT2D eigenvalue weighted by atomic mass is 16.2. The van der Waals surface area contributed by atoms with Crippen molar-refractivity contribution in [3.63, 3.8) is 0 Å². The average Bonchev–Trinajstić information content (AvgIpc) is 2.55. The molecule has 0 unspecified atom stereocenters. The van der Waals surface area contributed by atoms with Gasteiger partial charge in [-0.25, -0.2) is 0 Å². The summed E-state index contributed by atoms with van der Waals surface area (Å²) < 4.78 is 0. The molecule has 0 aliphatic carbocycles. The molecule has 0 bridgehead atoms. The first-order chi connectivity index (χ1) is 10.7. The molecular weight excluding hydrogens is 274 g/mol. The summed E-state index contributed by atoms with van der Waals surface area (Å²) in [6, 6.07) is 11.7. The van der Waals surface area contributed by atoms with Gasteiger partial charge in [-0.3, -0.25) is 9.78 Å². The van der Waals surface area contributed by atoms with Gasteiger partial charge in [-0.2, -0.15) is 0 Å². The summed E-state index contributed by atoms with van der Waals surface area (Å²) in [7, 11) is 0. The van der Waals surface area contributed by atoms with Gasteiger partial charge in [-0.05, 0) is 31.0 Å². The Hall–Kier alpha value is -2.36. The lowest BCUT2D eigenvalue weighted by atomic mass is 10.2. The molecule has 0 saturated carbocycles. The van der Waals surface area contributed by atoms with E-state index in [1.165, 1.54) is 0 Å². The summed E-state index contributed by atoms with van der Waals surface area (Å²) in [4.78, 5) is 18.7. The number of nitrogens with zero attached hydrogens (tertiary/aromatic N) is 2. The molecular formula is C18H23N3O. The number of aromatic nitrogens is 1. The minimum absolute atomic E-state index is 0.0490. The van der Waals surface area contributed by atoms with Gasteiger partial charge in [0.05, 0.1) is 17.4 Å². The van der Waals surface area contributed by atoms with Crippen molar-refractivity contribution in [2.45, 2.75) is 26.7 Å². The molecule has 0 fully saturated rings. The lowest BCUT2D eigenvalue weighted by molar-refractivity contribution is 0.0755. The lowest BCUT2D eigenvalue weighted by Crippen LogP contribution is -2.32. The fourth-order valence-corrected chi connectivity index (χ4v) is 2.35. The second-order valence-corrected chi connectivity index (χ2v) is 5.25. The van der Waals surface area contributed by atoms with Crippen molar-refractivity contribution in [3.8, 4) is 0 Å². The van der Waals surface area contributed by atoms with E-state index in [4.69, 9.17) is 0 Å². The Labute approximate surface area is 132 Å². The molecule has 1 aromatic carbocycles. The molecule has 22 heavy (non-hydrogen) atoms. The van der Waals surface area contributed by atoms with Gasteiger partial charge in [0.25, 0.3) is 5.91 Å². The van der Waals surface area contributed by atoms with Crippen molar-refractivity contribution >= 4 is 17.3 Å². The van der Waals surface area contributed by atoms with Crippen LogP contribution in [-0.2, 0) is 0 Å². The summed E-state index contributed by atoms with van der Waals surface area (Å²) in [5.41, 5.74) is 2.43. The summed E-state index contributed by atoms with van der Waals surface area (Å²) in [5.74, 6) is 0.0490. The van der Waals surface area contributed by atoms with Crippen LogP contribution in [0.2, 0.25) is 0 Å². The van der Waals surface area contributed by atoms with Crippen molar-refractivity contribution < 1.29 is 4.79 Å². The fourth-order valence-electron chi connectivity index (χ4n) is 2.35. The van der Waals surface area contributed by atoms with Crippen LogP contribution in [0, 0.1) is 0 Å². The third kappa shape index (κ3) is 4.32. The second kappa shape index (κ2) is 8.17. The smallest absolute Gasteiger partial charge is 0.255 e. The predicted octanol–water partition coefficient (Wildman–Crippen LogP) is 4.09. The molecule has 2 aromatic rings. The third-order valence-electron chi connectivity index (χ3n) is 3.32. The van der Waals surface area contributed by atoms with E-state index in [1.807, 2.05) is 41.3 Å². The average molecular weight is 297 g/mol. The van der Waals surface area contributed by atoms with Crippen LogP contribution in [0.3, 0.4) is 0 Å². The zero-order valence-corrected chi connectivity index (χ0v) is 13.2. The molecule has 0 aliphatic heterocycles. The number of carbonyl (C=O) groups is 1. The van der Waals surface area contributed by atoms with Crippen LogP contribution < -0.4 is 5.32 Å². The number of carbonyl (C=O) groups excluding carboxylic acids is 1. The zero-order valence-electron chi connectivity index (χ0n) is 13.2. The van der Waals surface area contributed by atoms with E-state index in [1.54, 1.807) is 12.4 Å². The van der Waals surface area contributed by atoms with Crippen LogP contribution >= 0.6 is 0 Å². The van der Waals surface area contributed by atoms with Crippen LogP contribution in [0.5, 0.6) is 0 Å². The first kappa shape index (κ1) is 16.0. The van der Waals surface area contributed by atoms with E-state index in [0.29, 0.717) is 5.56 Å². The molecule has 0 atom stereocenters. The number of rotatable bonds is 7. The Balaban J connectivity index is 2.14. The van der Waals surface area contributed by atoms with Gasteiger partial charge in [0.1, 0.15) is 0 Å². The van der Waals surface area contributed by atoms with Crippen LogP contribution in [0.15, 0.2) is 48.8 Å². The maximum absolute atomic E-state index is 12.6. The molecule has 0 spiro atoms. The van der Waals surface area contributed by atoms with E-state index < -0.39 is 0 Å². The second-order valence-electron chi connectivity index (χ2n) is 5.25. The van der Waals surface area contributed by atoms with E-state index in [9.17, 15) is 4.79 Å². The van der Waals surface area contributed by atoms with E-state index >= 15 is 0 Å². The molecule has 4 nitrogen and oxygen atoms in total. The number of para-hydroxylation sites is 1. The monoisotopic (exact) mass is 297 g/mol. The molecule has 2 rings (SSSR count). The SMILES string of the molecule is CCCN(CCC)C(=O)c1cncc(Nc2ccccc2)c1. The van der Waals surface area contributed by atoms with Crippen LogP contribution in [0.25, 0.3) is 0 Å². The quantitative estimate of drug-likeness (QED) is 0.837. The molecule has 1 N–H and O–H groups in total. The van der Waals surface area contributed by atoms with Gasteiger partial charge in [0, 0.05) is 25.0 Å². The normalized spacial score (nSPS) is 10.3. The predicted molar refractivity (Wildman–Crippen MR) is 90.4 cm³/mol. The number of amides is 1. The zero-order chi connectivity index (χ0) is 15.8. The Morgan fingerprint density at radius 1 is 1.05 bits per heavy atom. The number of benzene rings is 1. The van der Waals surface area contributed by atoms with Crippen molar-refractivity contribution in [1.29, 1.82) is 0 Å². The van der Waals surface area contributed by atoms with Crippen LogP contribution in [0.1, 0.15) is 37.0 Å². The standard InChI is InChI=1S/C18H23N3O/c1-3-10-21(11-4-2)18(22)15-12-17(14-19-13-15)20-16-8-6-5-7-9-16/h5-9,12-14,20H,3-4,10-11H2,1-2H3. The molecule has 0 saturated heterocycles. The molecule has 0 aliphatic rings. The van der Waals surface area contributed by atoms with Crippen LogP contribution in [-0.4, -0.2) is 28.9 Å². The first-order valence-corrected chi connectivity index (χ1v) is 7.81. The van der Waals surface area contributed by atoms with Gasteiger partial charge >= 0.3 is 0 Å². The summed E-state index contributed by atoms with van der Waals surface area (Å²) >= 11 is 0. The topological polar surface area (TPSA) is 45.2 Å². The minimum atomic E-state index is 0.0490. The van der Waals surface area contributed by atoms with Gasteiger partial charge < -0.3 is 10.2 Å². The van der Waals surface area contributed by atoms with Gasteiger partial charge in [-0.15, -0.1) is 0 Å². The maximum Gasteiger partial charge on any atom is 0.255 e. The Morgan fingerprint density at radius 2 is 1.73 bits per heavy atom. The number of hydrogen-bond acceptors (Lipinski definition) is 3. The van der Waals surface area contributed by atoms with Crippen molar-refractivity contribution in [2.24, 2.45) is 0 Å². The van der Waals surface area contributed by atoms with Gasteiger partial charge in [0.2, 0.25) is 0 Å². The minimum Gasteiger partial charge on any atom is -0.354 e. The number of anilines is 2. The summed E-state index contributed by atoms with van der Waals surface area (Å²) in [5, 5.41) is 3.27. The van der Waals surface area contributed by atoms with E-state index in [-0.39, 0.29) is 5.91 Å². The van der Waals surface area contributed by atoms with E-state index in [0.717, 1.165) is 37.3 Å². The molecule has 1 amide bonds. The lowest BCUT2D eigenvalue weighted by Gasteiger charge is -2.21. The van der Waals surface area contributed by atoms with Crippen molar-refractivity contribution in [3.05, 3.63) is 54.4 Å². The third-order valence-corrected chi connectivity index (χ3v) is 3.32. The Kier molecular flexibility index (Phi) is 5.95. The molecule has 1 aromatic heterocycles.